The molecule has 0 aliphatic heterocycles. The number of carbonyl (C=O) groups is 1. The van der Waals surface area contributed by atoms with Gasteiger partial charge < -0.3 is 4.74 Å². The lowest BCUT2D eigenvalue weighted by Gasteiger charge is -2.05. The second kappa shape index (κ2) is 5.72. The summed E-state index contributed by atoms with van der Waals surface area (Å²) in [5.41, 5.74) is 0.392. The summed E-state index contributed by atoms with van der Waals surface area (Å²) in [7, 11) is 0. The predicted octanol–water partition coefficient (Wildman–Crippen LogP) is 1.56. The van der Waals surface area contributed by atoms with Crippen LogP contribution in [0, 0.1) is 0 Å². The SMILES string of the molecule is CCOC(=O)c1n[nH]c(=O)c2nc(-c3ccccc3)ncc12. The Morgan fingerprint density at radius 1 is 1.27 bits per heavy atom. The molecule has 2 aromatic heterocycles. The topological polar surface area (TPSA) is 97.8 Å². The largest absolute Gasteiger partial charge is 0.461 e. The Morgan fingerprint density at radius 2 is 2.05 bits per heavy atom. The summed E-state index contributed by atoms with van der Waals surface area (Å²) in [5.74, 6) is -0.223. The molecule has 0 amide bonds. The van der Waals surface area contributed by atoms with Crippen LogP contribution in [0.4, 0.5) is 0 Å². The maximum atomic E-state index is 11.9. The number of carbonyl (C=O) groups excluding carboxylic acids is 1. The summed E-state index contributed by atoms with van der Waals surface area (Å²) in [6.07, 6.45) is 1.42. The van der Waals surface area contributed by atoms with E-state index in [0.29, 0.717) is 5.82 Å². The van der Waals surface area contributed by atoms with Gasteiger partial charge in [0.25, 0.3) is 5.56 Å². The molecule has 7 heteroatoms. The number of esters is 1. The normalized spacial score (nSPS) is 10.6. The molecule has 0 spiro atoms. The van der Waals surface area contributed by atoms with Gasteiger partial charge in [0.2, 0.25) is 0 Å². The summed E-state index contributed by atoms with van der Waals surface area (Å²) >= 11 is 0. The lowest BCUT2D eigenvalue weighted by molar-refractivity contribution is 0.0520. The van der Waals surface area contributed by atoms with Crippen molar-refractivity contribution in [3.05, 3.63) is 52.6 Å². The number of nitrogens with one attached hydrogen (secondary N) is 1. The number of benzene rings is 1. The first kappa shape index (κ1) is 13.9. The molecule has 0 atom stereocenters. The Balaban J connectivity index is 2.19. The van der Waals surface area contributed by atoms with E-state index in [9.17, 15) is 9.59 Å². The molecule has 0 fully saturated rings. The fourth-order valence-corrected chi connectivity index (χ4v) is 2.03. The molecule has 1 aromatic carbocycles. The maximum absolute atomic E-state index is 11.9. The number of aromatic amines is 1. The third-order valence-electron chi connectivity index (χ3n) is 3.03. The molecule has 0 saturated carbocycles. The highest BCUT2D eigenvalue weighted by molar-refractivity contribution is 6.00. The van der Waals surface area contributed by atoms with Gasteiger partial charge in [-0.1, -0.05) is 30.3 Å². The lowest BCUT2D eigenvalue weighted by atomic mass is 10.2. The fourth-order valence-electron chi connectivity index (χ4n) is 2.03. The molecule has 0 bridgehead atoms. The van der Waals surface area contributed by atoms with E-state index in [2.05, 4.69) is 20.2 Å². The number of rotatable bonds is 3. The van der Waals surface area contributed by atoms with Gasteiger partial charge in [-0.05, 0) is 6.92 Å². The molecule has 2 heterocycles. The second-order valence-electron chi connectivity index (χ2n) is 4.44. The average Bonchev–Trinajstić information content (AvgIpc) is 2.56. The average molecular weight is 296 g/mol. The Kier molecular flexibility index (Phi) is 3.61. The van der Waals surface area contributed by atoms with Crippen LogP contribution < -0.4 is 5.56 Å². The molecule has 110 valence electrons. The van der Waals surface area contributed by atoms with Crippen molar-refractivity contribution in [2.24, 2.45) is 0 Å². The monoisotopic (exact) mass is 296 g/mol. The van der Waals surface area contributed by atoms with Crippen LogP contribution in [-0.2, 0) is 4.74 Å². The van der Waals surface area contributed by atoms with Gasteiger partial charge in [-0.25, -0.2) is 19.9 Å². The Morgan fingerprint density at radius 3 is 2.77 bits per heavy atom. The second-order valence-corrected chi connectivity index (χ2v) is 4.44. The van der Waals surface area contributed by atoms with Crippen LogP contribution in [-0.4, -0.2) is 32.7 Å². The highest BCUT2D eigenvalue weighted by atomic mass is 16.5. The van der Waals surface area contributed by atoms with Gasteiger partial charge in [0.1, 0.15) is 5.52 Å². The summed E-state index contributed by atoms with van der Waals surface area (Å²) in [6.45, 7) is 1.90. The van der Waals surface area contributed by atoms with Gasteiger partial charge in [-0.15, -0.1) is 0 Å². The molecule has 0 aliphatic rings. The Labute approximate surface area is 125 Å². The first-order valence-corrected chi connectivity index (χ1v) is 6.68. The summed E-state index contributed by atoms with van der Waals surface area (Å²) < 4.78 is 4.91. The van der Waals surface area contributed by atoms with E-state index < -0.39 is 11.5 Å². The summed E-state index contributed by atoms with van der Waals surface area (Å²) in [5, 5.41) is 6.27. The van der Waals surface area contributed by atoms with Crippen molar-refractivity contribution < 1.29 is 9.53 Å². The fraction of sp³-hybridized carbons (Fsp3) is 0.133. The van der Waals surface area contributed by atoms with Crippen LogP contribution in [0.3, 0.4) is 0 Å². The van der Waals surface area contributed by atoms with E-state index in [4.69, 9.17) is 4.74 Å². The van der Waals surface area contributed by atoms with Crippen LogP contribution in [0.1, 0.15) is 17.4 Å². The zero-order valence-corrected chi connectivity index (χ0v) is 11.7. The number of hydrogen-bond donors (Lipinski definition) is 1. The third-order valence-corrected chi connectivity index (χ3v) is 3.03. The van der Waals surface area contributed by atoms with Crippen LogP contribution in [0.2, 0.25) is 0 Å². The third kappa shape index (κ3) is 2.44. The molecule has 0 aliphatic carbocycles. The number of ether oxygens (including phenoxy) is 1. The summed E-state index contributed by atoms with van der Waals surface area (Å²) in [4.78, 5) is 32.3. The van der Waals surface area contributed by atoms with Crippen molar-refractivity contribution in [3.63, 3.8) is 0 Å². The van der Waals surface area contributed by atoms with E-state index in [1.807, 2.05) is 30.3 Å². The van der Waals surface area contributed by atoms with Crippen LogP contribution >= 0.6 is 0 Å². The molecule has 0 unspecified atom stereocenters. The molecule has 3 aromatic rings. The first-order valence-electron chi connectivity index (χ1n) is 6.68. The quantitative estimate of drug-likeness (QED) is 0.736. The number of hydrogen-bond acceptors (Lipinski definition) is 6. The van der Waals surface area contributed by atoms with Crippen molar-refractivity contribution in [1.82, 2.24) is 20.2 Å². The molecule has 0 radical (unpaired) electrons. The number of nitrogens with zero attached hydrogens (tertiary/aromatic N) is 3. The number of H-pyrrole nitrogens is 1. The molecule has 7 nitrogen and oxygen atoms in total. The minimum Gasteiger partial charge on any atom is -0.461 e. The zero-order valence-electron chi connectivity index (χ0n) is 11.7. The molecule has 22 heavy (non-hydrogen) atoms. The van der Waals surface area contributed by atoms with Crippen LogP contribution in [0.5, 0.6) is 0 Å². The maximum Gasteiger partial charge on any atom is 0.359 e. The highest BCUT2D eigenvalue weighted by Gasteiger charge is 2.17. The Bertz CT molecular complexity index is 890. The molecule has 0 saturated heterocycles. The van der Waals surface area contributed by atoms with Gasteiger partial charge in [0.05, 0.1) is 12.0 Å². The number of fused-ring (bicyclic) bond motifs is 1. The van der Waals surface area contributed by atoms with E-state index in [0.717, 1.165) is 5.56 Å². The molecular weight excluding hydrogens is 284 g/mol. The first-order chi connectivity index (χ1) is 10.7. The van der Waals surface area contributed by atoms with Gasteiger partial charge in [-0.2, -0.15) is 5.10 Å². The zero-order chi connectivity index (χ0) is 15.5. The van der Waals surface area contributed by atoms with E-state index in [1.165, 1.54) is 6.20 Å². The van der Waals surface area contributed by atoms with E-state index in [-0.39, 0.29) is 23.2 Å². The lowest BCUT2D eigenvalue weighted by Crippen LogP contribution is -2.17. The van der Waals surface area contributed by atoms with Crippen molar-refractivity contribution in [1.29, 1.82) is 0 Å². The molecule has 1 N–H and O–H groups in total. The standard InChI is InChI=1S/C15H12N4O3/c1-2-22-15(21)12-10-8-16-13(9-6-4-3-5-7-9)17-11(10)14(20)19-18-12/h3-8H,2H2,1H3,(H,19,20). The van der Waals surface area contributed by atoms with Crippen molar-refractivity contribution in [3.8, 4) is 11.4 Å². The smallest absolute Gasteiger partial charge is 0.359 e. The molecular formula is C15H12N4O3. The van der Waals surface area contributed by atoms with Gasteiger partial charge in [0, 0.05) is 11.8 Å². The van der Waals surface area contributed by atoms with Crippen molar-refractivity contribution >= 4 is 16.9 Å². The van der Waals surface area contributed by atoms with E-state index >= 15 is 0 Å². The van der Waals surface area contributed by atoms with Crippen LogP contribution in [0.15, 0.2) is 41.3 Å². The van der Waals surface area contributed by atoms with Gasteiger partial charge in [0.15, 0.2) is 11.5 Å². The Hall–Kier alpha value is -3.09. The van der Waals surface area contributed by atoms with Crippen molar-refractivity contribution in [2.75, 3.05) is 6.61 Å². The van der Waals surface area contributed by atoms with Gasteiger partial charge >= 0.3 is 5.97 Å². The minimum atomic E-state index is -0.625. The minimum absolute atomic E-state index is 0.00365. The predicted molar refractivity (Wildman–Crippen MR) is 79.3 cm³/mol. The highest BCUT2D eigenvalue weighted by Crippen LogP contribution is 2.17. The molecule has 3 rings (SSSR count). The van der Waals surface area contributed by atoms with Crippen molar-refractivity contribution in [2.45, 2.75) is 6.92 Å². The number of aromatic nitrogens is 4. The summed E-state index contributed by atoms with van der Waals surface area (Å²) in [6, 6.07) is 9.25. The van der Waals surface area contributed by atoms with E-state index in [1.54, 1.807) is 6.92 Å². The van der Waals surface area contributed by atoms with Crippen LogP contribution in [0.25, 0.3) is 22.3 Å². The van der Waals surface area contributed by atoms with Gasteiger partial charge in [-0.3, -0.25) is 4.79 Å².